The molecule has 178 valence electrons. The van der Waals surface area contributed by atoms with E-state index in [9.17, 15) is 35.9 Å². The van der Waals surface area contributed by atoms with E-state index in [-0.39, 0.29) is 44.4 Å². The van der Waals surface area contributed by atoms with Crippen LogP contribution in [-0.4, -0.2) is 68.3 Å². The molecule has 0 saturated carbocycles. The van der Waals surface area contributed by atoms with Crippen LogP contribution in [0.2, 0.25) is 0 Å². The van der Waals surface area contributed by atoms with Crippen molar-refractivity contribution in [2.75, 3.05) is 37.7 Å². The van der Waals surface area contributed by atoms with Gasteiger partial charge >= 0.3 is 24.5 Å². The smallest absolute Gasteiger partial charge is 0.434 e. The Morgan fingerprint density at radius 1 is 1.06 bits per heavy atom. The number of fused-ring (bicyclic) bond motifs is 1. The van der Waals surface area contributed by atoms with Gasteiger partial charge in [0.15, 0.2) is 0 Å². The van der Waals surface area contributed by atoms with Gasteiger partial charge < -0.3 is 19.7 Å². The van der Waals surface area contributed by atoms with Crippen molar-refractivity contribution in [3.8, 4) is 5.75 Å². The first-order valence-electron chi connectivity index (χ1n) is 9.83. The van der Waals surface area contributed by atoms with E-state index in [4.69, 9.17) is 4.74 Å². The minimum absolute atomic E-state index is 0.0812. The molecule has 7 nitrogen and oxygen atoms in total. The topological polar surface area (TPSA) is 71.1 Å². The zero-order valence-corrected chi connectivity index (χ0v) is 16.7. The molecule has 2 heterocycles. The highest BCUT2D eigenvalue weighted by Crippen LogP contribution is 2.36. The molecule has 0 unspecified atom stereocenters. The molecule has 1 N–H and O–H groups in total. The van der Waals surface area contributed by atoms with Gasteiger partial charge in [0.1, 0.15) is 12.4 Å². The fourth-order valence-corrected chi connectivity index (χ4v) is 3.52. The third-order valence-corrected chi connectivity index (χ3v) is 5.20. The second-order valence-electron chi connectivity index (χ2n) is 7.43. The molecule has 3 amide bonds. The monoisotopic (exact) mass is 469 g/mol. The van der Waals surface area contributed by atoms with Crippen LogP contribution in [0.15, 0.2) is 24.3 Å². The number of hydrogen-bond donors (Lipinski definition) is 1. The summed E-state index contributed by atoms with van der Waals surface area (Å²) in [5, 5.41) is 2.78. The molecule has 0 aliphatic carbocycles. The molecular formula is C19H21F6N3O4. The number of urea groups is 1. The van der Waals surface area contributed by atoms with Crippen LogP contribution in [0, 0.1) is 5.92 Å². The van der Waals surface area contributed by atoms with Crippen LogP contribution in [-0.2, 0) is 4.74 Å². The maximum Gasteiger partial charge on any atom is 0.434 e. The Hall–Kier alpha value is -2.86. The number of para-hydroxylation sites is 2. The first kappa shape index (κ1) is 23.8. The van der Waals surface area contributed by atoms with Crippen LogP contribution in [0.25, 0.3) is 0 Å². The van der Waals surface area contributed by atoms with Gasteiger partial charge in [-0.15, -0.1) is 0 Å². The number of benzene rings is 1. The quantitative estimate of drug-likeness (QED) is 0.681. The summed E-state index contributed by atoms with van der Waals surface area (Å²) >= 11 is 0. The normalized spacial score (nSPS) is 17.6. The molecule has 1 aromatic rings. The van der Waals surface area contributed by atoms with Gasteiger partial charge in [-0.3, -0.25) is 4.90 Å². The second kappa shape index (κ2) is 9.33. The average Bonchev–Trinajstić information content (AvgIpc) is 2.74. The number of hydrogen-bond acceptors (Lipinski definition) is 4. The number of anilines is 1. The maximum absolute atomic E-state index is 12.6. The zero-order chi connectivity index (χ0) is 23.5. The molecule has 0 atom stereocenters. The second-order valence-corrected chi connectivity index (χ2v) is 7.43. The number of halogens is 6. The third kappa shape index (κ3) is 5.68. The zero-order valence-electron chi connectivity index (χ0n) is 16.7. The maximum atomic E-state index is 12.6. The van der Waals surface area contributed by atoms with Crippen LogP contribution in [0.4, 0.5) is 41.6 Å². The SMILES string of the molecule is O=C(OC(C(F)(F)F)C(F)(F)F)N1CCC(CNC(=O)N2CCOc3ccccc32)CC1. The largest absolute Gasteiger partial charge is 0.490 e. The van der Waals surface area contributed by atoms with Crippen molar-refractivity contribution in [2.45, 2.75) is 31.3 Å². The van der Waals surface area contributed by atoms with Gasteiger partial charge in [-0.1, -0.05) is 12.1 Å². The number of alkyl halides is 6. The van der Waals surface area contributed by atoms with Crippen LogP contribution < -0.4 is 15.0 Å². The fraction of sp³-hybridized carbons (Fsp3) is 0.579. The van der Waals surface area contributed by atoms with Crippen molar-refractivity contribution in [3.63, 3.8) is 0 Å². The average molecular weight is 469 g/mol. The van der Waals surface area contributed by atoms with Crippen molar-refractivity contribution < 1.29 is 45.4 Å². The summed E-state index contributed by atoms with van der Waals surface area (Å²) in [7, 11) is 0. The van der Waals surface area contributed by atoms with E-state index in [1.807, 2.05) is 0 Å². The molecule has 0 radical (unpaired) electrons. The molecule has 3 rings (SSSR count). The number of piperidine rings is 1. The van der Waals surface area contributed by atoms with Gasteiger partial charge in [0, 0.05) is 19.6 Å². The van der Waals surface area contributed by atoms with Crippen molar-refractivity contribution in [3.05, 3.63) is 24.3 Å². The standard InChI is InChI=1S/C19H21F6N3O4/c20-18(21,22)15(19(23,24)25)32-17(30)27-7-5-12(6-8-27)11-26-16(29)28-9-10-31-14-4-2-1-3-13(14)28/h1-4,12,15H,5-11H2,(H,26,29). The molecule has 1 saturated heterocycles. The Balaban J connectivity index is 1.47. The Morgan fingerprint density at radius 2 is 1.69 bits per heavy atom. The summed E-state index contributed by atoms with van der Waals surface area (Å²) < 4.78 is 84.6. The van der Waals surface area contributed by atoms with E-state index in [1.165, 1.54) is 4.90 Å². The number of carbonyl (C=O) groups excluding carboxylic acids is 2. The highest BCUT2D eigenvalue weighted by atomic mass is 19.4. The molecule has 0 bridgehead atoms. The van der Waals surface area contributed by atoms with E-state index in [2.05, 4.69) is 10.1 Å². The number of rotatable bonds is 3. The molecular weight excluding hydrogens is 448 g/mol. The lowest BCUT2D eigenvalue weighted by Gasteiger charge is -2.34. The minimum atomic E-state index is -5.76. The van der Waals surface area contributed by atoms with E-state index in [0.29, 0.717) is 24.6 Å². The van der Waals surface area contributed by atoms with Crippen molar-refractivity contribution in [1.82, 2.24) is 10.2 Å². The number of likely N-dealkylation sites (tertiary alicyclic amines) is 1. The molecule has 1 fully saturated rings. The van der Waals surface area contributed by atoms with Crippen LogP contribution in [0.3, 0.4) is 0 Å². The summed E-state index contributed by atoms with van der Waals surface area (Å²) in [4.78, 5) is 26.7. The van der Waals surface area contributed by atoms with Crippen molar-refractivity contribution in [1.29, 1.82) is 0 Å². The number of carbonyl (C=O) groups is 2. The number of nitrogens with one attached hydrogen (secondary N) is 1. The Labute approximate surface area is 179 Å². The Kier molecular flexibility index (Phi) is 6.94. The molecule has 32 heavy (non-hydrogen) atoms. The first-order valence-corrected chi connectivity index (χ1v) is 9.83. The van der Waals surface area contributed by atoms with Crippen molar-refractivity contribution in [2.24, 2.45) is 5.92 Å². The Morgan fingerprint density at radius 3 is 2.31 bits per heavy atom. The summed E-state index contributed by atoms with van der Waals surface area (Å²) in [6.45, 7) is 0.772. The highest BCUT2D eigenvalue weighted by Gasteiger charge is 2.60. The van der Waals surface area contributed by atoms with Crippen LogP contribution in [0.1, 0.15) is 12.8 Å². The van der Waals surface area contributed by atoms with E-state index >= 15 is 0 Å². The van der Waals surface area contributed by atoms with Gasteiger partial charge in [0.25, 0.3) is 6.10 Å². The summed E-state index contributed by atoms with van der Waals surface area (Å²) in [6, 6.07) is 6.69. The molecule has 0 spiro atoms. The highest BCUT2D eigenvalue weighted by molar-refractivity contribution is 5.94. The molecule has 2 aliphatic heterocycles. The minimum Gasteiger partial charge on any atom is -0.490 e. The van der Waals surface area contributed by atoms with Gasteiger partial charge in [-0.05, 0) is 30.9 Å². The lowest BCUT2D eigenvalue weighted by Crippen LogP contribution is -2.50. The van der Waals surface area contributed by atoms with Crippen LogP contribution in [0.5, 0.6) is 5.75 Å². The summed E-state index contributed by atoms with van der Waals surface area (Å²) in [5.41, 5.74) is 0.623. The fourth-order valence-electron chi connectivity index (χ4n) is 3.52. The predicted molar refractivity (Wildman–Crippen MR) is 99.4 cm³/mol. The summed E-state index contributed by atoms with van der Waals surface area (Å²) in [6.07, 6.45) is -16.8. The third-order valence-electron chi connectivity index (χ3n) is 5.20. The van der Waals surface area contributed by atoms with E-state index in [1.54, 1.807) is 24.3 Å². The molecule has 2 aliphatic rings. The number of nitrogens with zero attached hydrogens (tertiary/aromatic N) is 2. The van der Waals surface area contributed by atoms with Gasteiger partial charge in [-0.25, -0.2) is 9.59 Å². The van der Waals surface area contributed by atoms with Crippen molar-refractivity contribution >= 4 is 17.8 Å². The summed E-state index contributed by atoms with van der Waals surface area (Å²) in [5.74, 6) is 0.483. The van der Waals surface area contributed by atoms with Gasteiger partial charge in [0.05, 0.1) is 12.2 Å². The molecule has 1 aromatic carbocycles. The first-order chi connectivity index (χ1) is 15.0. The Bertz CT molecular complexity index is 810. The predicted octanol–water partition coefficient (Wildman–Crippen LogP) is 3.94. The number of amides is 3. The van der Waals surface area contributed by atoms with E-state index in [0.717, 1.165) is 4.90 Å². The lowest BCUT2D eigenvalue weighted by molar-refractivity contribution is -0.308. The van der Waals surface area contributed by atoms with Gasteiger partial charge in [-0.2, -0.15) is 26.3 Å². The number of ether oxygens (including phenoxy) is 2. The van der Waals surface area contributed by atoms with Gasteiger partial charge in [0.2, 0.25) is 0 Å². The lowest BCUT2D eigenvalue weighted by atomic mass is 9.97. The van der Waals surface area contributed by atoms with E-state index < -0.39 is 24.5 Å². The molecule has 13 heteroatoms. The molecule has 0 aromatic heterocycles. The van der Waals surface area contributed by atoms with Crippen LogP contribution >= 0.6 is 0 Å².